The summed E-state index contributed by atoms with van der Waals surface area (Å²) >= 11 is 3.16. The van der Waals surface area contributed by atoms with Crippen molar-refractivity contribution in [1.29, 1.82) is 5.26 Å². The number of nitrogens with one attached hydrogen (secondary N) is 1. The summed E-state index contributed by atoms with van der Waals surface area (Å²) in [5.41, 5.74) is 8.52. The van der Waals surface area contributed by atoms with Crippen LogP contribution in [0.1, 0.15) is 30.8 Å². The summed E-state index contributed by atoms with van der Waals surface area (Å²) in [5, 5.41) is 13.6. The number of rotatable bonds is 7. The Balaban J connectivity index is 2.58. The molecule has 0 saturated heterocycles. The minimum Gasteiger partial charge on any atom is -0.370 e. The molecule has 0 aromatic carbocycles. The maximum atomic E-state index is 8.56. The van der Waals surface area contributed by atoms with E-state index in [9.17, 15) is 0 Å². The molecule has 0 aliphatic heterocycles. The van der Waals surface area contributed by atoms with Crippen LogP contribution in [0.25, 0.3) is 0 Å². The molecule has 1 aromatic heterocycles. The predicted molar refractivity (Wildman–Crippen MR) is 77.5 cm³/mol. The summed E-state index contributed by atoms with van der Waals surface area (Å²) in [4.78, 5) is 8.47. The highest BCUT2D eigenvalue weighted by molar-refractivity contribution is 7.99. The molecule has 3 N–H and O–H groups in total. The van der Waals surface area contributed by atoms with E-state index in [2.05, 4.69) is 28.3 Å². The Morgan fingerprint density at radius 1 is 1.78 bits per heavy atom. The lowest BCUT2D eigenvalue weighted by Crippen LogP contribution is -2.34. The molecule has 7 heteroatoms. The second-order valence-electron chi connectivity index (χ2n) is 3.48. The monoisotopic (exact) mass is 283 g/mol. The molecule has 5 nitrogen and oxygen atoms in total. The number of aliphatic imine (C=N–C) groups is 1. The maximum absolute atomic E-state index is 8.56. The van der Waals surface area contributed by atoms with E-state index < -0.39 is 0 Å². The number of nitrogens with zero attached hydrogens (tertiary/aromatic N) is 3. The zero-order valence-electron chi connectivity index (χ0n) is 10.3. The van der Waals surface area contributed by atoms with Gasteiger partial charge in [-0.2, -0.15) is 5.26 Å². The molecular formula is C11H17N5S2. The molecule has 0 amide bonds. The summed E-state index contributed by atoms with van der Waals surface area (Å²) in [6, 6.07) is 2.13. The minimum absolute atomic E-state index is 0.0368. The summed E-state index contributed by atoms with van der Waals surface area (Å²) in [5.74, 6) is 1.17. The SMILES string of the molecule is CCC/N=C(/N)NC(SCCC#N)c1cscn1. The number of thiazole rings is 1. The van der Waals surface area contributed by atoms with Gasteiger partial charge in [-0.25, -0.2) is 4.98 Å². The Morgan fingerprint density at radius 3 is 3.22 bits per heavy atom. The van der Waals surface area contributed by atoms with Crippen LogP contribution in [0.15, 0.2) is 15.9 Å². The molecule has 1 heterocycles. The number of hydrogen-bond acceptors (Lipinski definition) is 5. The van der Waals surface area contributed by atoms with Gasteiger partial charge < -0.3 is 11.1 Å². The highest BCUT2D eigenvalue weighted by Gasteiger charge is 2.14. The second kappa shape index (κ2) is 8.78. The zero-order valence-corrected chi connectivity index (χ0v) is 11.9. The summed E-state index contributed by atoms with van der Waals surface area (Å²) in [7, 11) is 0. The third-order valence-electron chi connectivity index (χ3n) is 2.00. The molecule has 0 fully saturated rings. The maximum Gasteiger partial charge on any atom is 0.189 e. The van der Waals surface area contributed by atoms with Gasteiger partial charge in [0.1, 0.15) is 5.37 Å². The third-order valence-corrected chi connectivity index (χ3v) is 3.74. The molecule has 0 bridgehead atoms. The zero-order chi connectivity index (χ0) is 13.2. The molecule has 0 aliphatic carbocycles. The number of nitriles is 1. The first kappa shape index (κ1) is 14.8. The Morgan fingerprint density at radius 2 is 2.61 bits per heavy atom. The molecule has 1 rings (SSSR count). The van der Waals surface area contributed by atoms with Crippen LogP contribution in [-0.2, 0) is 0 Å². The van der Waals surface area contributed by atoms with E-state index in [1.165, 1.54) is 0 Å². The van der Waals surface area contributed by atoms with Gasteiger partial charge in [0.25, 0.3) is 0 Å². The van der Waals surface area contributed by atoms with Crippen molar-refractivity contribution in [2.24, 2.45) is 10.7 Å². The van der Waals surface area contributed by atoms with Gasteiger partial charge in [-0.05, 0) is 6.42 Å². The van der Waals surface area contributed by atoms with Gasteiger partial charge in [-0.3, -0.25) is 4.99 Å². The van der Waals surface area contributed by atoms with Gasteiger partial charge in [0.2, 0.25) is 0 Å². The molecular weight excluding hydrogens is 266 g/mol. The van der Waals surface area contributed by atoms with E-state index in [0.717, 1.165) is 17.9 Å². The smallest absolute Gasteiger partial charge is 0.189 e. The summed E-state index contributed by atoms with van der Waals surface area (Å²) in [6.07, 6.45) is 1.48. The molecule has 0 radical (unpaired) electrons. The van der Waals surface area contributed by atoms with Crippen molar-refractivity contribution >= 4 is 29.1 Å². The van der Waals surface area contributed by atoms with E-state index in [1.807, 2.05) is 5.38 Å². The topological polar surface area (TPSA) is 87.1 Å². The van der Waals surface area contributed by atoms with E-state index in [4.69, 9.17) is 11.0 Å². The van der Waals surface area contributed by atoms with Gasteiger partial charge in [-0.1, -0.05) is 6.92 Å². The van der Waals surface area contributed by atoms with Gasteiger partial charge in [0.05, 0.1) is 17.3 Å². The molecule has 1 aromatic rings. The van der Waals surface area contributed by atoms with Crippen LogP contribution in [0.4, 0.5) is 0 Å². The normalized spacial score (nSPS) is 13.0. The van der Waals surface area contributed by atoms with Crippen molar-refractivity contribution in [2.45, 2.75) is 25.1 Å². The quantitative estimate of drug-likeness (QED) is 0.346. The fourth-order valence-corrected chi connectivity index (χ4v) is 2.80. The van der Waals surface area contributed by atoms with Crippen molar-refractivity contribution in [3.8, 4) is 6.07 Å². The number of aromatic nitrogens is 1. The van der Waals surface area contributed by atoms with Gasteiger partial charge >= 0.3 is 0 Å². The molecule has 98 valence electrons. The number of nitrogens with two attached hydrogens (primary N) is 1. The highest BCUT2D eigenvalue weighted by Crippen LogP contribution is 2.26. The Bertz CT molecular complexity index is 396. The Hall–Kier alpha value is -1.26. The van der Waals surface area contributed by atoms with Crippen LogP contribution in [0.5, 0.6) is 0 Å². The average Bonchev–Trinajstić information content (AvgIpc) is 2.89. The average molecular weight is 283 g/mol. The minimum atomic E-state index is -0.0368. The number of guanidine groups is 1. The van der Waals surface area contributed by atoms with E-state index >= 15 is 0 Å². The van der Waals surface area contributed by atoms with Gasteiger partial charge in [0, 0.05) is 24.1 Å². The molecule has 18 heavy (non-hydrogen) atoms. The first-order chi connectivity index (χ1) is 8.77. The van der Waals surface area contributed by atoms with Crippen LogP contribution in [0, 0.1) is 11.3 Å². The van der Waals surface area contributed by atoms with Crippen LogP contribution in [0.3, 0.4) is 0 Å². The van der Waals surface area contributed by atoms with Crippen molar-refractivity contribution in [3.63, 3.8) is 0 Å². The van der Waals surface area contributed by atoms with Crippen LogP contribution in [-0.4, -0.2) is 23.2 Å². The highest BCUT2D eigenvalue weighted by atomic mass is 32.2. The first-order valence-corrected chi connectivity index (χ1v) is 7.70. The fraction of sp³-hybridized carbons (Fsp3) is 0.545. The van der Waals surface area contributed by atoms with E-state index in [-0.39, 0.29) is 5.37 Å². The predicted octanol–water partition coefficient (Wildman–Crippen LogP) is 2.10. The van der Waals surface area contributed by atoms with Crippen molar-refractivity contribution in [3.05, 3.63) is 16.6 Å². The number of thioether (sulfide) groups is 1. The largest absolute Gasteiger partial charge is 0.370 e. The Kier molecular flexibility index (Phi) is 7.22. The van der Waals surface area contributed by atoms with E-state index in [1.54, 1.807) is 28.6 Å². The molecule has 1 atom stereocenters. The van der Waals surface area contributed by atoms with Gasteiger partial charge in [0.15, 0.2) is 5.96 Å². The lowest BCUT2D eigenvalue weighted by molar-refractivity contribution is 0.829. The summed E-state index contributed by atoms with van der Waals surface area (Å²) in [6.45, 7) is 2.77. The van der Waals surface area contributed by atoms with Crippen LogP contribution >= 0.6 is 23.1 Å². The Labute approximate surface area is 116 Å². The van der Waals surface area contributed by atoms with Gasteiger partial charge in [-0.15, -0.1) is 23.1 Å². The molecule has 0 saturated carbocycles. The second-order valence-corrected chi connectivity index (χ2v) is 5.42. The lowest BCUT2D eigenvalue weighted by Gasteiger charge is -2.16. The van der Waals surface area contributed by atoms with Crippen LogP contribution < -0.4 is 11.1 Å². The lowest BCUT2D eigenvalue weighted by atomic mass is 10.5. The summed E-state index contributed by atoms with van der Waals surface area (Å²) < 4.78 is 0. The first-order valence-electron chi connectivity index (χ1n) is 5.71. The molecule has 0 spiro atoms. The number of hydrogen-bond donors (Lipinski definition) is 2. The molecule has 1 unspecified atom stereocenters. The van der Waals surface area contributed by atoms with Crippen molar-refractivity contribution in [1.82, 2.24) is 10.3 Å². The fourth-order valence-electron chi connectivity index (χ4n) is 1.19. The van der Waals surface area contributed by atoms with Crippen molar-refractivity contribution < 1.29 is 0 Å². The molecule has 0 aliphatic rings. The standard InChI is InChI=1S/C11H17N5S2/c1-2-5-14-11(13)16-10(18-6-3-4-12)9-7-17-8-15-9/h7-8,10H,2-3,5-6H2,1H3,(H3,13,14,16). The third kappa shape index (κ3) is 5.38. The van der Waals surface area contributed by atoms with Crippen LogP contribution in [0.2, 0.25) is 0 Å². The van der Waals surface area contributed by atoms with Crippen molar-refractivity contribution in [2.75, 3.05) is 12.3 Å². The van der Waals surface area contributed by atoms with E-state index in [0.29, 0.717) is 18.9 Å².